The number of aromatic hydroxyl groups is 1. The van der Waals surface area contributed by atoms with Crippen molar-refractivity contribution in [3.05, 3.63) is 102 Å². The summed E-state index contributed by atoms with van der Waals surface area (Å²) in [5.74, 6) is -13.4. The summed E-state index contributed by atoms with van der Waals surface area (Å²) in [6, 6.07) is 13.3. The first-order valence-electron chi connectivity index (χ1n) is 29.9. The number of likely N-dealkylation sites (tertiary alicyclic amines) is 1. The molecular weight excluding hydrogens is 1160 g/mol. The molecule has 2 heterocycles. The van der Waals surface area contributed by atoms with Gasteiger partial charge in [-0.15, -0.1) is 0 Å². The van der Waals surface area contributed by atoms with Gasteiger partial charge in [0.1, 0.15) is 23.9 Å². The van der Waals surface area contributed by atoms with Crippen LogP contribution >= 0.6 is 0 Å². The first-order valence-corrected chi connectivity index (χ1v) is 29.9. The normalized spacial score (nSPS) is 17.1. The van der Waals surface area contributed by atoms with Crippen LogP contribution in [0.15, 0.2) is 90.1 Å². The van der Waals surface area contributed by atoms with Gasteiger partial charge < -0.3 is 79.4 Å². The minimum atomic E-state index is -1.74. The zero-order valence-corrected chi connectivity index (χ0v) is 51.3. The molecule has 17 N–H and O–H groups in total. The highest BCUT2D eigenvalue weighted by Gasteiger charge is 2.43. The molecule has 0 saturated carbocycles. The number of nitrogens with one attached hydrogen (secondary N) is 7. The molecule has 3 aromatic carbocycles. The van der Waals surface area contributed by atoms with E-state index in [2.05, 4.69) is 41.9 Å². The van der Waals surface area contributed by atoms with E-state index in [0.29, 0.717) is 23.1 Å². The zero-order valence-electron chi connectivity index (χ0n) is 51.3. The molecule has 5 rings (SSSR count). The Labute approximate surface area is 521 Å². The molecular formula is C63H86N12O15. The minimum absolute atomic E-state index is 0.0391. The van der Waals surface area contributed by atoms with E-state index in [1.165, 1.54) is 45.2 Å². The number of ketones is 3. The van der Waals surface area contributed by atoms with Gasteiger partial charge in [-0.1, -0.05) is 74.5 Å². The van der Waals surface area contributed by atoms with Gasteiger partial charge in [0.15, 0.2) is 23.3 Å². The van der Waals surface area contributed by atoms with Gasteiger partial charge in [-0.05, 0) is 73.4 Å². The van der Waals surface area contributed by atoms with E-state index in [9.17, 15) is 73.2 Å². The fourth-order valence-corrected chi connectivity index (χ4v) is 10.8. The van der Waals surface area contributed by atoms with Gasteiger partial charge in [0.05, 0.1) is 55.2 Å². The van der Waals surface area contributed by atoms with Crippen LogP contribution in [0.2, 0.25) is 0 Å². The Kier molecular flexibility index (Phi) is 27.6. The van der Waals surface area contributed by atoms with E-state index >= 15 is 0 Å². The predicted octanol–water partition coefficient (Wildman–Crippen LogP) is -0.873. The molecule has 1 fully saturated rings. The highest BCUT2D eigenvalue weighted by atomic mass is 16.3. The first kappa shape index (κ1) is 71.7. The number of rotatable bonds is 36. The quantitative estimate of drug-likeness (QED) is 0.0149. The summed E-state index contributed by atoms with van der Waals surface area (Å²) in [5.41, 5.74) is 19.8. The van der Waals surface area contributed by atoms with Crippen LogP contribution in [-0.4, -0.2) is 176 Å². The van der Waals surface area contributed by atoms with E-state index in [-0.39, 0.29) is 69.2 Å². The number of guanidine groups is 1. The van der Waals surface area contributed by atoms with E-state index in [1.54, 1.807) is 50.4 Å². The number of hydrogen-bond acceptors (Lipinski definition) is 16. The Hall–Kier alpha value is -9.08. The molecule has 0 radical (unpaired) electrons. The molecule has 0 spiro atoms. The lowest BCUT2D eigenvalue weighted by molar-refractivity contribution is -0.142. The fourth-order valence-electron chi connectivity index (χ4n) is 10.8. The van der Waals surface area contributed by atoms with Crippen LogP contribution < -0.4 is 49.1 Å². The number of nitrogens with zero attached hydrogens (tertiary/aromatic N) is 2. The van der Waals surface area contributed by atoms with Gasteiger partial charge >= 0.3 is 0 Å². The Morgan fingerprint density at radius 1 is 0.678 bits per heavy atom. The number of Topliss-reactive ketones (excluding diaryl/α,β-unsaturated/α-hetero) is 3. The number of para-hydroxylation sites is 1. The van der Waals surface area contributed by atoms with Gasteiger partial charge in [-0.2, -0.15) is 0 Å². The number of phenols is 1. The highest BCUT2D eigenvalue weighted by molar-refractivity contribution is 6.00. The first-order chi connectivity index (χ1) is 42.7. The Morgan fingerprint density at radius 2 is 1.27 bits per heavy atom. The van der Waals surface area contributed by atoms with Gasteiger partial charge in [-0.25, -0.2) is 0 Å². The summed E-state index contributed by atoms with van der Waals surface area (Å²) in [6.07, 6.45) is -3.90. The summed E-state index contributed by atoms with van der Waals surface area (Å²) >= 11 is 0. The van der Waals surface area contributed by atoms with Crippen LogP contribution in [0.1, 0.15) is 95.8 Å². The van der Waals surface area contributed by atoms with Crippen molar-refractivity contribution in [1.29, 1.82) is 0 Å². The Balaban J connectivity index is 1.31. The number of aliphatic imine (C=N–C) groups is 1. The van der Waals surface area contributed by atoms with Crippen molar-refractivity contribution in [2.75, 3.05) is 26.7 Å². The third kappa shape index (κ3) is 21.9. The lowest BCUT2D eigenvalue weighted by atomic mass is 9.89. The summed E-state index contributed by atoms with van der Waals surface area (Å²) in [6.45, 7) is 4.98. The lowest BCUT2D eigenvalue weighted by Gasteiger charge is -2.30. The largest absolute Gasteiger partial charge is 0.508 e. The van der Waals surface area contributed by atoms with Crippen LogP contribution in [-0.2, 0) is 72.0 Å². The second-order valence-corrected chi connectivity index (χ2v) is 23.3. The van der Waals surface area contributed by atoms with Gasteiger partial charge in [0, 0.05) is 88.6 Å². The number of hydrogen-bond donors (Lipinski definition) is 14. The molecule has 488 valence electrons. The predicted molar refractivity (Wildman–Crippen MR) is 331 cm³/mol. The molecule has 11 atom stereocenters. The minimum Gasteiger partial charge on any atom is -0.508 e. The number of phenolic OH excluding ortho intramolecular Hbond substituents is 1. The number of carbonyl (C=O) groups excluding carboxylic acids is 11. The molecule has 1 saturated heterocycles. The monoisotopic (exact) mass is 1250 g/mol. The van der Waals surface area contributed by atoms with Crippen LogP contribution in [0.5, 0.6) is 5.75 Å². The number of nitrogens with two attached hydrogens (primary N) is 3. The van der Waals surface area contributed by atoms with Crippen molar-refractivity contribution in [3.8, 4) is 5.75 Å². The third-order valence-corrected chi connectivity index (χ3v) is 15.7. The maximum atomic E-state index is 14.5. The molecule has 90 heavy (non-hydrogen) atoms. The molecule has 8 amide bonds. The smallest absolute Gasteiger partial charge is 0.246 e. The fraction of sp³-hybridized carbons (Fsp3) is 0.492. The lowest BCUT2D eigenvalue weighted by Crippen LogP contribution is -2.56. The number of carbonyl (C=O) groups is 11. The van der Waals surface area contributed by atoms with E-state index in [4.69, 9.17) is 17.2 Å². The number of aromatic amines is 1. The maximum Gasteiger partial charge on any atom is 0.246 e. The van der Waals surface area contributed by atoms with Crippen LogP contribution in [0.4, 0.5) is 0 Å². The molecule has 0 aliphatic carbocycles. The number of benzene rings is 3. The number of H-pyrrole nitrogens is 1. The van der Waals surface area contributed by atoms with Crippen molar-refractivity contribution >= 4 is 81.5 Å². The second kappa shape index (κ2) is 34.6. The summed E-state index contributed by atoms with van der Waals surface area (Å²) in [7, 11) is 1.49. The molecule has 27 nitrogen and oxygen atoms in total. The molecule has 1 aromatic heterocycles. The van der Waals surface area contributed by atoms with Crippen LogP contribution in [0, 0.1) is 23.7 Å². The average Bonchev–Trinajstić information content (AvgIpc) is 1.68. The van der Waals surface area contributed by atoms with Gasteiger partial charge in [0.25, 0.3) is 0 Å². The van der Waals surface area contributed by atoms with Crippen molar-refractivity contribution in [2.45, 2.75) is 147 Å². The average molecular weight is 1250 g/mol. The molecule has 1 aliphatic heterocycles. The topological polar surface area (TPSA) is 450 Å². The van der Waals surface area contributed by atoms with Crippen LogP contribution in [0.25, 0.3) is 10.9 Å². The van der Waals surface area contributed by atoms with Crippen LogP contribution in [0.3, 0.4) is 0 Å². The summed E-state index contributed by atoms with van der Waals surface area (Å²) < 4.78 is 0. The van der Waals surface area contributed by atoms with E-state index in [0.717, 1.165) is 15.8 Å². The molecule has 27 heteroatoms. The maximum absolute atomic E-state index is 14.5. The molecule has 0 unspecified atom stereocenters. The molecule has 0 bridgehead atoms. The highest BCUT2D eigenvalue weighted by Crippen LogP contribution is 2.25. The van der Waals surface area contributed by atoms with E-state index in [1.807, 2.05) is 24.3 Å². The Bertz CT molecular complexity index is 3190. The van der Waals surface area contributed by atoms with Crippen molar-refractivity contribution in [3.63, 3.8) is 0 Å². The SMILES string of the molecule is CN=C(N)NCCC[C@H](CC(=O)[C@H](CC(C)C)NC(=O)[C@H](CO)CC(=O)[C@H](Cc1ccccc1)NC(=O)[C@@H](CC(=O)[C@H](CC(N)=O)NC(=O)[C@@H]1C[C@@H](O)CN1C(=O)[C@@H](Cc1ccc(O)cc1)NC(C)=O)[C@@H](C)O)C(=O)N[C@@H](Cc1c[nH]c2ccccc12)C(N)=O. The van der Waals surface area contributed by atoms with Gasteiger partial charge in [-0.3, -0.25) is 57.7 Å². The third-order valence-electron chi connectivity index (χ3n) is 15.7. The number of fused-ring (bicyclic) bond motifs is 1. The number of β-amino-alcohol motifs (C(OH)–C–C–N with tert-alkyl or cyclic N) is 1. The summed E-state index contributed by atoms with van der Waals surface area (Å²) in [5, 5.41) is 58.9. The standard InChI is InChI=1S/C63H86N12O15/c1-34(2)22-47(53(81)26-39(14-11-21-68-63(66)67-5)58(86)74-50(57(65)85)25-40-31-69-46-16-10-9-15-44(40)46)71-59(87)41(33-76)27-54(82)48(23-37-12-7-6-8-13-37)72-60(88)45(35(3)77)29-55(83)49(30-56(64)84)73-61(89)52-28-43(80)32-75(52)62(90)51(70-36(4)78)24-38-17-19-42(79)20-18-38/h6-10,12-13,15-20,31,34-35,39,41,43,45,47-52,69,76-77,79-80H,11,14,21-30,32-33H2,1-5H3,(H2,64,84)(H2,65,85)(H,70,78)(H,71,87)(H,72,88)(H,73,89)(H,74,86)(H3,66,67,68)/t35-,39-,41+,43-,45+,47+,48+,49+,50+,51-,52+/m1/s1. The number of aliphatic hydroxyl groups excluding tert-OH is 3. The number of primary amides is 2. The summed E-state index contributed by atoms with van der Waals surface area (Å²) in [4.78, 5) is 159. The van der Waals surface area contributed by atoms with Gasteiger partial charge in [0.2, 0.25) is 47.3 Å². The molecule has 4 aromatic rings. The second-order valence-electron chi connectivity index (χ2n) is 23.3. The number of aliphatic hydroxyl groups is 3. The Morgan fingerprint density at radius 3 is 1.89 bits per heavy atom. The van der Waals surface area contributed by atoms with E-state index < -0.39 is 163 Å². The zero-order chi connectivity index (χ0) is 66.4. The molecule has 1 aliphatic rings. The number of amides is 8. The van der Waals surface area contributed by atoms with Crippen molar-refractivity contribution in [1.82, 2.24) is 41.8 Å². The van der Waals surface area contributed by atoms with Crippen molar-refractivity contribution < 1.29 is 73.2 Å². The number of aromatic nitrogens is 1. The van der Waals surface area contributed by atoms with Crippen molar-refractivity contribution in [2.24, 2.45) is 45.9 Å².